The molecule has 0 radical (unpaired) electrons. The molecule has 3 N–H and O–H groups in total. The number of nitrogens with two attached hydrogens (primary N) is 1. The Balaban J connectivity index is 4.69. The minimum absolute atomic E-state index is 0.0555. The lowest BCUT2D eigenvalue weighted by Crippen LogP contribution is -2.45. The van der Waals surface area contributed by atoms with Crippen LogP contribution in [0, 0.1) is 0 Å². The first-order chi connectivity index (χ1) is 21.6. The summed E-state index contributed by atoms with van der Waals surface area (Å²) in [6.07, 6.45) is 11.7. The molecule has 0 heterocycles. The number of guanidine groups is 1. The second-order valence-electron chi connectivity index (χ2n) is 10.6. The summed E-state index contributed by atoms with van der Waals surface area (Å²) in [5.74, 6) is -1.48. The van der Waals surface area contributed by atoms with Gasteiger partial charge in [0, 0.05) is 19.9 Å². The van der Waals surface area contributed by atoms with Crippen LogP contribution in [-0.4, -0.2) is 87.0 Å². The third kappa shape index (κ3) is 23.4. The summed E-state index contributed by atoms with van der Waals surface area (Å²) in [5, 5.41) is 9.42. The molecular formula is C30H58N3O11P. The first kappa shape index (κ1) is 42.4. The fourth-order valence-corrected chi connectivity index (χ4v) is 5.31. The van der Waals surface area contributed by atoms with Crippen LogP contribution in [0.25, 0.3) is 0 Å². The molecule has 15 heteroatoms. The van der Waals surface area contributed by atoms with Gasteiger partial charge in [0.2, 0.25) is 5.96 Å². The number of unbranched alkanes of at least 4 members (excludes halogenated alkanes) is 10. The molecular weight excluding hydrogens is 609 g/mol. The second-order valence-corrected chi connectivity index (χ2v) is 12.3. The molecule has 0 saturated heterocycles. The number of carbonyl (C=O) groups excluding carboxylic acids is 2. The van der Waals surface area contributed by atoms with E-state index >= 15 is 0 Å². The lowest BCUT2D eigenvalue weighted by molar-refractivity contribution is -0.141. The van der Waals surface area contributed by atoms with E-state index in [1.165, 1.54) is 45.6 Å². The highest BCUT2D eigenvalue weighted by atomic mass is 31.2. The standard InChI is InChI=1S/C30H58N3O11P/c1-5-8-10-12-14-16-20-39-29(36)41-22-18-24-43-45(38,32-28(31)33(4)26(7-3)27(34)35)44-25-19-23-42-30(37)40-21-17-15-13-11-9-6-2/h26H,5-25H2,1-4H3,(H,34,35)(H2,31,32,38). The molecule has 0 spiro atoms. The smallest absolute Gasteiger partial charge is 0.480 e. The summed E-state index contributed by atoms with van der Waals surface area (Å²) in [6, 6.07) is -1.01. The van der Waals surface area contributed by atoms with E-state index in [1.54, 1.807) is 6.92 Å². The third-order valence-corrected chi connectivity index (χ3v) is 8.15. The largest absolute Gasteiger partial charge is 0.508 e. The Morgan fingerprint density at radius 1 is 0.667 bits per heavy atom. The van der Waals surface area contributed by atoms with Gasteiger partial charge in [0.25, 0.3) is 0 Å². The van der Waals surface area contributed by atoms with Crippen LogP contribution in [0.15, 0.2) is 4.76 Å². The maximum atomic E-state index is 13.4. The highest BCUT2D eigenvalue weighted by Gasteiger charge is 2.29. The van der Waals surface area contributed by atoms with Crippen molar-refractivity contribution in [3.63, 3.8) is 0 Å². The van der Waals surface area contributed by atoms with Crippen LogP contribution < -0.4 is 5.73 Å². The number of ether oxygens (including phenoxy) is 4. The number of carboxylic acids is 1. The van der Waals surface area contributed by atoms with Gasteiger partial charge in [0.05, 0.1) is 39.6 Å². The predicted octanol–water partition coefficient (Wildman–Crippen LogP) is 7.05. The Morgan fingerprint density at radius 2 is 1.04 bits per heavy atom. The lowest BCUT2D eigenvalue weighted by Gasteiger charge is -2.25. The van der Waals surface area contributed by atoms with Crippen molar-refractivity contribution in [1.29, 1.82) is 0 Å². The van der Waals surface area contributed by atoms with E-state index in [9.17, 15) is 24.1 Å². The molecule has 0 amide bonds. The van der Waals surface area contributed by atoms with Crippen LogP contribution in [-0.2, 0) is 37.4 Å². The van der Waals surface area contributed by atoms with Crippen molar-refractivity contribution in [1.82, 2.24) is 4.90 Å². The molecule has 0 aromatic rings. The molecule has 0 aromatic carbocycles. The first-order valence-corrected chi connectivity index (χ1v) is 17.9. The maximum Gasteiger partial charge on any atom is 0.508 e. The number of nitrogens with zero attached hydrogens (tertiary/aromatic N) is 2. The number of aliphatic carboxylic acids is 1. The predicted molar refractivity (Wildman–Crippen MR) is 171 cm³/mol. The average Bonchev–Trinajstić information content (AvgIpc) is 2.99. The Bertz CT molecular complexity index is 832. The molecule has 1 unspecified atom stereocenters. The third-order valence-electron chi connectivity index (χ3n) is 6.69. The van der Waals surface area contributed by atoms with E-state index in [2.05, 4.69) is 18.6 Å². The highest BCUT2D eigenvalue weighted by molar-refractivity contribution is 7.52. The van der Waals surface area contributed by atoms with Gasteiger partial charge in [-0.15, -0.1) is 4.76 Å². The molecule has 0 saturated carbocycles. The molecule has 0 fully saturated rings. The van der Waals surface area contributed by atoms with Gasteiger partial charge in [0.1, 0.15) is 6.04 Å². The molecule has 0 aliphatic rings. The zero-order chi connectivity index (χ0) is 33.8. The van der Waals surface area contributed by atoms with Gasteiger partial charge < -0.3 is 34.7 Å². The zero-order valence-corrected chi connectivity index (χ0v) is 28.8. The van der Waals surface area contributed by atoms with Gasteiger partial charge in [-0.1, -0.05) is 85.0 Å². The number of rotatable bonds is 28. The molecule has 0 aliphatic heterocycles. The fourth-order valence-electron chi connectivity index (χ4n) is 4.01. The molecule has 14 nitrogen and oxygen atoms in total. The number of hydrogen-bond acceptors (Lipinski definition) is 10. The van der Waals surface area contributed by atoms with Gasteiger partial charge in [-0.2, -0.15) is 0 Å². The van der Waals surface area contributed by atoms with E-state index in [-0.39, 0.29) is 64.9 Å². The Hall–Kier alpha value is -2.57. The molecule has 0 aromatic heterocycles. The minimum atomic E-state index is -4.22. The van der Waals surface area contributed by atoms with Crippen LogP contribution in [0.5, 0.6) is 0 Å². The first-order valence-electron chi connectivity index (χ1n) is 16.4. The van der Waals surface area contributed by atoms with Crippen LogP contribution >= 0.6 is 7.75 Å². The van der Waals surface area contributed by atoms with Crippen molar-refractivity contribution >= 4 is 32.0 Å². The average molecular weight is 668 g/mol. The van der Waals surface area contributed by atoms with Gasteiger partial charge >= 0.3 is 26.0 Å². The van der Waals surface area contributed by atoms with Gasteiger partial charge in [-0.3, -0.25) is 9.05 Å². The topological polar surface area (TPSA) is 186 Å². The number of likely N-dealkylation sites (N-methyl/N-ethyl adjacent to an activating group) is 1. The van der Waals surface area contributed by atoms with Crippen molar-refractivity contribution in [3.8, 4) is 0 Å². The summed E-state index contributed by atoms with van der Waals surface area (Å²) < 4.78 is 48.2. The molecule has 0 aliphatic carbocycles. The SMILES string of the molecule is CCCCCCCCOC(=O)OCCCOP(=O)(N=C(N)N(C)C(CC)C(=O)O)OCCCOC(=O)OCCCCCCCC. The minimum Gasteiger partial charge on any atom is -0.480 e. The van der Waals surface area contributed by atoms with Crippen LogP contribution in [0.2, 0.25) is 0 Å². The van der Waals surface area contributed by atoms with E-state index in [1.807, 2.05) is 0 Å². The van der Waals surface area contributed by atoms with Crippen LogP contribution in [0.1, 0.15) is 117 Å². The van der Waals surface area contributed by atoms with E-state index in [4.69, 9.17) is 33.7 Å². The normalized spacial score (nSPS) is 12.4. The number of carbonyl (C=O) groups is 3. The Labute approximate surface area is 269 Å². The van der Waals surface area contributed by atoms with E-state index < -0.39 is 32.1 Å². The molecule has 0 rings (SSSR count). The van der Waals surface area contributed by atoms with Crippen molar-refractivity contribution in [2.75, 3.05) is 46.7 Å². The van der Waals surface area contributed by atoms with Gasteiger partial charge in [0.15, 0.2) is 0 Å². The number of hydrogen-bond donors (Lipinski definition) is 2. The number of carboxylic acid groups (broad SMARTS) is 1. The fraction of sp³-hybridized carbons (Fsp3) is 0.867. The molecule has 264 valence electrons. The van der Waals surface area contributed by atoms with Crippen molar-refractivity contribution in [2.45, 2.75) is 123 Å². The van der Waals surface area contributed by atoms with Gasteiger partial charge in [-0.05, 0) is 19.3 Å². The van der Waals surface area contributed by atoms with E-state index in [0.29, 0.717) is 0 Å². The summed E-state index contributed by atoms with van der Waals surface area (Å²) in [6.45, 7) is 6.07. The van der Waals surface area contributed by atoms with Crippen molar-refractivity contribution in [2.24, 2.45) is 10.5 Å². The molecule has 45 heavy (non-hydrogen) atoms. The highest BCUT2D eigenvalue weighted by Crippen LogP contribution is 2.50. The van der Waals surface area contributed by atoms with E-state index in [0.717, 1.165) is 43.4 Å². The quantitative estimate of drug-likeness (QED) is 0.0285. The van der Waals surface area contributed by atoms with Crippen LogP contribution in [0.3, 0.4) is 0 Å². The lowest BCUT2D eigenvalue weighted by atomic mass is 10.1. The van der Waals surface area contributed by atoms with Crippen molar-refractivity contribution in [3.05, 3.63) is 0 Å². The Kier molecular flexibility index (Phi) is 26.1. The van der Waals surface area contributed by atoms with Crippen LogP contribution in [0.4, 0.5) is 9.59 Å². The second kappa shape index (κ2) is 27.7. The zero-order valence-electron chi connectivity index (χ0n) is 27.9. The Morgan fingerprint density at radius 3 is 1.42 bits per heavy atom. The maximum absolute atomic E-state index is 13.4. The van der Waals surface area contributed by atoms with Gasteiger partial charge in [-0.25, -0.2) is 18.9 Å². The summed E-state index contributed by atoms with van der Waals surface area (Å²) in [7, 11) is -2.82. The van der Waals surface area contributed by atoms with Crippen molar-refractivity contribution < 1.29 is 52.1 Å². The molecule has 0 bridgehead atoms. The monoisotopic (exact) mass is 667 g/mol. The molecule has 1 atom stereocenters. The summed E-state index contributed by atoms with van der Waals surface area (Å²) in [4.78, 5) is 36.2. The summed E-state index contributed by atoms with van der Waals surface area (Å²) >= 11 is 0. The summed E-state index contributed by atoms with van der Waals surface area (Å²) in [5.41, 5.74) is 5.95.